The molecule has 1 aliphatic rings. The summed E-state index contributed by atoms with van der Waals surface area (Å²) in [5.74, 6) is 2.18. The average molecular weight is 363 g/mol. The summed E-state index contributed by atoms with van der Waals surface area (Å²) in [5.41, 5.74) is 2.19. The van der Waals surface area contributed by atoms with Crippen LogP contribution in [0.15, 0.2) is 60.8 Å². The molecule has 0 fully saturated rings. The lowest BCUT2D eigenvalue weighted by atomic mass is 10.2. The number of aromatic nitrogens is 1. The molecule has 0 bridgehead atoms. The minimum absolute atomic E-state index is 0.171. The van der Waals surface area contributed by atoms with Crippen molar-refractivity contribution in [3.63, 3.8) is 0 Å². The maximum atomic E-state index is 12.4. The second kappa shape index (κ2) is 7.25. The number of amides is 1. The topological polar surface area (TPSA) is 81.7 Å². The number of pyridine rings is 1. The normalized spacial score (nSPS) is 11.7. The number of methoxy groups -OCH3 is 1. The number of carbonyl (C=O) groups excluding carboxylic acids is 1. The number of fused-ring (bicyclic) bond motifs is 1. The molecule has 1 aromatic heterocycles. The zero-order valence-corrected chi connectivity index (χ0v) is 14.6. The summed E-state index contributed by atoms with van der Waals surface area (Å²) in [5, 5.41) is 6.00. The molecule has 4 rings (SSSR count). The van der Waals surface area contributed by atoms with Crippen molar-refractivity contribution in [3.05, 3.63) is 66.4 Å². The largest absolute Gasteiger partial charge is 0.497 e. The summed E-state index contributed by atoms with van der Waals surface area (Å²) >= 11 is 0. The van der Waals surface area contributed by atoms with Crippen molar-refractivity contribution in [2.24, 2.45) is 0 Å². The van der Waals surface area contributed by atoms with Crippen molar-refractivity contribution in [2.45, 2.75) is 0 Å². The molecule has 2 aromatic carbocycles. The second-order valence-corrected chi connectivity index (χ2v) is 5.81. The smallest absolute Gasteiger partial charge is 0.256 e. The third-order valence-corrected chi connectivity index (χ3v) is 4.02. The monoisotopic (exact) mass is 363 g/mol. The van der Waals surface area contributed by atoms with Crippen molar-refractivity contribution in [2.75, 3.05) is 24.5 Å². The van der Waals surface area contributed by atoms with Gasteiger partial charge < -0.3 is 24.8 Å². The van der Waals surface area contributed by atoms with Gasteiger partial charge in [0.25, 0.3) is 5.91 Å². The van der Waals surface area contributed by atoms with Gasteiger partial charge in [-0.25, -0.2) is 4.98 Å². The third kappa shape index (κ3) is 3.77. The number of rotatable bonds is 5. The van der Waals surface area contributed by atoms with E-state index in [-0.39, 0.29) is 12.7 Å². The van der Waals surface area contributed by atoms with E-state index in [1.54, 1.807) is 37.6 Å². The Morgan fingerprint density at radius 1 is 1.00 bits per heavy atom. The Bertz CT molecular complexity index is 956. The van der Waals surface area contributed by atoms with Crippen LogP contribution in [0.5, 0.6) is 17.2 Å². The Balaban J connectivity index is 1.40. The lowest BCUT2D eigenvalue weighted by Gasteiger charge is -2.09. The first kappa shape index (κ1) is 16.7. The second-order valence-electron chi connectivity index (χ2n) is 5.81. The van der Waals surface area contributed by atoms with E-state index in [1.807, 2.05) is 30.3 Å². The van der Waals surface area contributed by atoms with E-state index in [0.717, 1.165) is 17.1 Å². The predicted molar refractivity (Wildman–Crippen MR) is 101 cm³/mol. The van der Waals surface area contributed by atoms with Crippen LogP contribution in [-0.2, 0) is 0 Å². The predicted octanol–water partition coefficient (Wildman–Crippen LogP) is 3.81. The minimum atomic E-state index is -0.267. The van der Waals surface area contributed by atoms with E-state index in [4.69, 9.17) is 14.2 Å². The van der Waals surface area contributed by atoms with E-state index in [0.29, 0.717) is 22.9 Å². The number of nitrogens with one attached hydrogen (secondary N) is 2. The highest BCUT2D eigenvalue weighted by molar-refractivity contribution is 6.04. The van der Waals surface area contributed by atoms with Crippen LogP contribution in [0.25, 0.3) is 0 Å². The highest BCUT2D eigenvalue weighted by Gasteiger charge is 2.16. The fourth-order valence-corrected chi connectivity index (χ4v) is 2.61. The van der Waals surface area contributed by atoms with Crippen LogP contribution in [0.1, 0.15) is 10.4 Å². The molecule has 0 aliphatic carbocycles. The molecule has 27 heavy (non-hydrogen) atoms. The van der Waals surface area contributed by atoms with Gasteiger partial charge >= 0.3 is 0 Å². The lowest BCUT2D eigenvalue weighted by molar-refractivity contribution is 0.102. The number of hydrogen-bond acceptors (Lipinski definition) is 6. The Labute approximate surface area is 155 Å². The summed E-state index contributed by atoms with van der Waals surface area (Å²) < 4.78 is 15.7. The van der Waals surface area contributed by atoms with Gasteiger partial charge in [0.2, 0.25) is 6.79 Å². The van der Waals surface area contributed by atoms with Crippen molar-refractivity contribution in [1.82, 2.24) is 4.98 Å². The summed E-state index contributed by atoms with van der Waals surface area (Å²) in [6, 6.07) is 16.2. The summed E-state index contributed by atoms with van der Waals surface area (Å²) in [7, 11) is 1.63. The summed E-state index contributed by atoms with van der Waals surface area (Å²) in [4.78, 5) is 16.6. The number of carbonyl (C=O) groups is 1. The molecule has 2 heterocycles. The molecule has 1 amide bonds. The van der Waals surface area contributed by atoms with E-state index >= 15 is 0 Å². The van der Waals surface area contributed by atoms with Crippen molar-refractivity contribution in [1.29, 1.82) is 0 Å². The third-order valence-electron chi connectivity index (χ3n) is 4.02. The number of anilines is 3. The van der Waals surface area contributed by atoms with Crippen LogP contribution < -0.4 is 24.8 Å². The highest BCUT2D eigenvalue weighted by Crippen LogP contribution is 2.32. The number of ether oxygens (including phenoxy) is 3. The molecule has 0 saturated heterocycles. The first-order valence-electron chi connectivity index (χ1n) is 8.29. The fraction of sp³-hybridized carbons (Fsp3) is 0.100. The van der Waals surface area contributed by atoms with Gasteiger partial charge in [0, 0.05) is 11.3 Å². The standard InChI is InChI=1S/C20H17N3O4/c1-25-16-6-3-14(4-7-16)22-15-5-9-19(21-11-15)23-20(24)13-2-8-17-18(10-13)27-12-26-17/h2-11,22H,12H2,1H3,(H,21,23,24). The minimum Gasteiger partial charge on any atom is -0.497 e. The molecule has 3 aromatic rings. The Hall–Kier alpha value is -3.74. The van der Waals surface area contributed by atoms with Gasteiger partial charge in [-0.15, -0.1) is 0 Å². The quantitative estimate of drug-likeness (QED) is 0.717. The molecule has 7 nitrogen and oxygen atoms in total. The highest BCUT2D eigenvalue weighted by atomic mass is 16.7. The van der Waals surface area contributed by atoms with Crippen molar-refractivity contribution in [3.8, 4) is 17.2 Å². The van der Waals surface area contributed by atoms with Gasteiger partial charge in [0.1, 0.15) is 11.6 Å². The summed E-state index contributed by atoms with van der Waals surface area (Å²) in [6.45, 7) is 0.171. The Morgan fingerprint density at radius 3 is 2.52 bits per heavy atom. The molecule has 0 spiro atoms. The molecule has 136 valence electrons. The van der Waals surface area contributed by atoms with Gasteiger partial charge in [-0.3, -0.25) is 4.79 Å². The Kier molecular flexibility index (Phi) is 4.49. The molecule has 0 radical (unpaired) electrons. The molecule has 0 unspecified atom stereocenters. The van der Waals surface area contributed by atoms with Gasteiger partial charge in [-0.2, -0.15) is 0 Å². The fourth-order valence-electron chi connectivity index (χ4n) is 2.61. The van der Waals surface area contributed by atoms with E-state index in [1.165, 1.54) is 0 Å². The van der Waals surface area contributed by atoms with Crippen LogP contribution in [0, 0.1) is 0 Å². The first-order valence-corrected chi connectivity index (χ1v) is 8.29. The number of nitrogens with zero attached hydrogens (tertiary/aromatic N) is 1. The molecule has 2 N–H and O–H groups in total. The number of benzene rings is 2. The van der Waals surface area contributed by atoms with E-state index in [9.17, 15) is 4.79 Å². The van der Waals surface area contributed by atoms with Crippen molar-refractivity contribution >= 4 is 23.1 Å². The van der Waals surface area contributed by atoms with Crippen molar-refractivity contribution < 1.29 is 19.0 Å². The van der Waals surface area contributed by atoms with E-state index < -0.39 is 0 Å². The zero-order valence-electron chi connectivity index (χ0n) is 14.6. The number of hydrogen-bond donors (Lipinski definition) is 2. The van der Waals surface area contributed by atoms with E-state index in [2.05, 4.69) is 15.6 Å². The molecular formula is C20H17N3O4. The molecular weight excluding hydrogens is 346 g/mol. The van der Waals surface area contributed by atoms with Crippen LogP contribution in [0.2, 0.25) is 0 Å². The molecule has 1 aliphatic heterocycles. The van der Waals surface area contributed by atoms with Gasteiger partial charge in [0.05, 0.1) is 19.0 Å². The molecule has 0 atom stereocenters. The van der Waals surface area contributed by atoms with Crippen LogP contribution in [0.4, 0.5) is 17.2 Å². The Morgan fingerprint density at radius 2 is 1.78 bits per heavy atom. The lowest BCUT2D eigenvalue weighted by Crippen LogP contribution is -2.12. The van der Waals surface area contributed by atoms with Gasteiger partial charge in [-0.05, 0) is 54.6 Å². The SMILES string of the molecule is COc1ccc(Nc2ccc(NC(=O)c3ccc4c(c3)OCO4)nc2)cc1. The maximum absolute atomic E-state index is 12.4. The van der Waals surface area contributed by atoms with Gasteiger partial charge in [0.15, 0.2) is 11.5 Å². The van der Waals surface area contributed by atoms with Crippen LogP contribution in [0.3, 0.4) is 0 Å². The van der Waals surface area contributed by atoms with Crippen LogP contribution in [-0.4, -0.2) is 24.8 Å². The average Bonchev–Trinajstić information content (AvgIpc) is 3.18. The first-order chi connectivity index (χ1) is 13.2. The van der Waals surface area contributed by atoms with Gasteiger partial charge in [-0.1, -0.05) is 0 Å². The zero-order chi connectivity index (χ0) is 18.6. The molecule has 7 heteroatoms. The maximum Gasteiger partial charge on any atom is 0.256 e. The van der Waals surface area contributed by atoms with Crippen LogP contribution >= 0.6 is 0 Å². The molecule has 0 saturated carbocycles. The summed E-state index contributed by atoms with van der Waals surface area (Å²) in [6.07, 6.45) is 1.65.